The van der Waals surface area contributed by atoms with Gasteiger partial charge in [-0.1, -0.05) is 0 Å². The summed E-state index contributed by atoms with van der Waals surface area (Å²) in [5.41, 5.74) is -0.00717. The van der Waals surface area contributed by atoms with E-state index in [0.29, 0.717) is 0 Å². The summed E-state index contributed by atoms with van der Waals surface area (Å²) >= 11 is 0. The van der Waals surface area contributed by atoms with Crippen LogP contribution in [0.3, 0.4) is 0 Å². The topological polar surface area (TPSA) is 50.4 Å². The maximum atomic E-state index is 12.3. The Morgan fingerprint density at radius 1 is 1.15 bits per heavy atom. The molecule has 20 heavy (non-hydrogen) atoms. The van der Waals surface area contributed by atoms with Crippen molar-refractivity contribution in [3.63, 3.8) is 0 Å². The zero-order chi connectivity index (χ0) is 13.8. The van der Waals surface area contributed by atoms with Crippen LogP contribution in [0.5, 0.6) is 0 Å². The van der Waals surface area contributed by atoms with Crippen molar-refractivity contribution < 1.29 is 9.53 Å². The van der Waals surface area contributed by atoms with E-state index >= 15 is 0 Å². The minimum Gasteiger partial charge on any atom is -0.363 e. The molecule has 1 heterocycles. The Kier molecular flexibility index (Phi) is 2.90. The third-order valence-electron chi connectivity index (χ3n) is 5.99. The van der Waals surface area contributed by atoms with Crippen LogP contribution in [0.25, 0.3) is 0 Å². The molecule has 4 heteroatoms. The zero-order valence-corrected chi connectivity index (χ0v) is 12.4. The summed E-state index contributed by atoms with van der Waals surface area (Å²) in [6.07, 6.45) is 7.87. The minimum atomic E-state index is -0.126. The summed E-state index contributed by atoms with van der Waals surface area (Å²) in [5, 5.41) is 6.56. The summed E-state index contributed by atoms with van der Waals surface area (Å²) in [6, 6.07) is 0. The lowest BCUT2D eigenvalue weighted by molar-refractivity contribution is -0.141. The van der Waals surface area contributed by atoms with Gasteiger partial charge in [-0.05, 0) is 63.2 Å². The van der Waals surface area contributed by atoms with Gasteiger partial charge < -0.3 is 15.4 Å². The summed E-state index contributed by atoms with van der Waals surface area (Å²) in [5.74, 6) is 2.71. The van der Waals surface area contributed by atoms with Crippen LogP contribution in [0.15, 0.2) is 0 Å². The first kappa shape index (κ1) is 13.1. The van der Waals surface area contributed by atoms with Crippen LogP contribution in [0.2, 0.25) is 0 Å². The molecule has 0 aromatic carbocycles. The fraction of sp³-hybridized carbons (Fsp3) is 0.938. The van der Waals surface area contributed by atoms with E-state index in [1.165, 1.54) is 38.5 Å². The lowest BCUT2D eigenvalue weighted by atomic mass is 9.53. The smallest absolute Gasteiger partial charge is 0.246 e. The largest absolute Gasteiger partial charge is 0.363 e. The Labute approximate surface area is 121 Å². The van der Waals surface area contributed by atoms with Gasteiger partial charge in [-0.15, -0.1) is 0 Å². The summed E-state index contributed by atoms with van der Waals surface area (Å²) in [6.45, 7) is 4.01. The Hall–Kier alpha value is -0.610. The highest BCUT2D eigenvalue weighted by molar-refractivity contribution is 5.78. The molecule has 0 spiro atoms. The molecule has 2 N–H and O–H groups in total. The first-order valence-electron chi connectivity index (χ1n) is 8.20. The Morgan fingerprint density at radius 2 is 1.70 bits per heavy atom. The second-order valence-electron chi connectivity index (χ2n) is 8.09. The first-order valence-corrected chi connectivity index (χ1v) is 8.20. The molecule has 1 aliphatic heterocycles. The van der Waals surface area contributed by atoms with E-state index in [9.17, 15) is 4.79 Å². The number of ether oxygens (including phenoxy) is 1. The molecule has 5 rings (SSSR count). The molecule has 0 radical (unpaired) electrons. The van der Waals surface area contributed by atoms with Gasteiger partial charge in [-0.25, -0.2) is 0 Å². The van der Waals surface area contributed by atoms with Gasteiger partial charge in [0, 0.05) is 18.6 Å². The van der Waals surface area contributed by atoms with Crippen molar-refractivity contribution in [2.75, 3.05) is 19.7 Å². The van der Waals surface area contributed by atoms with Gasteiger partial charge in [0.1, 0.15) is 6.61 Å². The number of carbonyl (C=O) groups excluding carboxylic acids is 1. The number of nitrogens with one attached hydrogen (secondary N) is 2. The highest BCUT2D eigenvalue weighted by Gasteiger charge is 2.51. The number of rotatable bonds is 4. The van der Waals surface area contributed by atoms with Gasteiger partial charge in [0.05, 0.1) is 5.60 Å². The summed E-state index contributed by atoms with van der Waals surface area (Å²) in [4.78, 5) is 12.3. The molecule has 0 unspecified atom stereocenters. The van der Waals surface area contributed by atoms with Crippen LogP contribution in [-0.4, -0.2) is 36.7 Å². The molecule has 4 nitrogen and oxygen atoms in total. The molecule has 0 atom stereocenters. The normalized spacial score (nSPS) is 44.1. The quantitative estimate of drug-likeness (QED) is 0.818. The highest BCUT2D eigenvalue weighted by Crippen LogP contribution is 2.55. The predicted octanol–water partition coefficient (Wildman–Crippen LogP) is 1.45. The number of carbonyl (C=O) groups is 1. The summed E-state index contributed by atoms with van der Waals surface area (Å²) in [7, 11) is 0. The third kappa shape index (κ3) is 2.27. The first-order chi connectivity index (χ1) is 9.54. The molecule has 0 aromatic rings. The highest BCUT2D eigenvalue weighted by atomic mass is 16.5. The van der Waals surface area contributed by atoms with Crippen molar-refractivity contribution >= 4 is 5.91 Å². The predicted molar refractivity (Wildman–Crippen MR) is 76.3 cm³/mol. The molecular weight excluding hydrogens is 252 g/mol. The fourth-order valence-electron chi connectivity index (χ4n) is 5.41. The van der Waals surface area contributed by atoms with Crippen molar-refractivity contribution in [3.05, 3.63) is 0 Å². The van der Waals surface area contributed by atoms with Crippen molar-refractivity contribution in [1.29, 1.82) is 0 Å². The number of hydrogen-bond acceptors (Lipinski definition) is 3. The van der Waals surface area contributed by atoms with Crippen LogP contribution in [0.1, 0.15) is 45.4 Å². The third-order valence-corrected chi connectivity index (χ3v) is 5.99. The van der Waals surface area contributed by atoms with E-state index in [2.05, 4.69) is 17.6 Å². The number of hydrogen-bond donors (Lipinski definition) is 2. The average molecular weight is 278 g/mol. The van der Waals surface area contributed by atoms with E-state index in [-0.39, 0.29) is 23.7 Å². The fourth-order valence-corrected chi connectivity index (χ4v) is 5.41. The van der Waals surface area contributed by atoms with Crippen LogP contribution in [0.4, 0.5) is 0 Å². The second-order valence-corrected chi connectivity index (χ2v) is 8.09. The van der Waals surface area contributed by atoms with Gasteiger partial charge >= 0.3 is 0 Å². The van der Waals surface area contributed by atoms with Gasteiger partial charge in [-0.2, -0.15) is 0 Å². The van der Waals surface area contributed by atoms with Crippen molar-refractivity contribution in [1.82, 2.24) is 10.6 Å². The zero-order valence-electron chi connectivity index (χ0n) is 12.4. The molecule has 1 saturated heterocycles. The van der Waals surface area contributed by atoms with Gasteiger partial charge in [-0.3, -0.25) is 4.79 Å². The van der Waals surface area contributed by atoms with Crippen LogP contribution >= 0.6 is 0 Å². The Balaban J connectivity index is 1.35. The molecule has 4 saturated carbocycles. The van der Waals surface area contributed by atoms with E-state index in [1.54, 1.807) is 0 Å². The monoisotopic (exact) mass is 278 g/mol. The molecule has 112 valence electrons. The average Bonchev–Trinajstić information content (AvgIpc) is 2.31. The van der Waals surface area contributed by atoms with E-state index < -0.39 is 0 Å². The Morgan fingerprint density at radius 3 is 2.15 bits per heavy atom. The van der Waals surface area contributed by atoms with Crippen molar-refractivity contribution in [3.8, 4) is 0 Å². The van der Waals surface area contributed by atoms with E-state index in [1.807, 2.05) is 0 Å². The molecular formula is C16H26N2O2. The molecule has 5 aliphatic rings. The van der Waals surface area contributed by atoms with Crippen LogP contribution in [0, 0.1) is 17.8 Å². The molecule has 4 bridgehead atoms. The Bertz CT molecular complexity index is 381. The lowest BCUT2D eigenvalue weighted by Gasteiger charge is -2.57. The van der Waals surface area contributed by atoms with Crippen molar-refractivity contribution in [2.24, 2.45) is 17.8 Å². The molecule has 1 amide bonds. The maximum Gasteiger partial charge on any atom is 0.246 e. The maximum absolute atomic E-state index is 12.3. The van der Waals surface area contributed by atoms with Crippen molar-refractivity contribution in [2.45, 2.75) is 56.6 Å². The minimum absolute atomic E-state index is 0.0973. The molecule has 4 aliphatic carbocycles. The second kappa shape index (κ2) is 4.44. The van der Waals surface area contributed by atoms with Gasteiger partial charge in [0.15, 0.2) is 0 Å². The standard InChI is InChI=1S/C16H26N2O2/c1-15(9-17-10-15)20-8-14(19)18-16-5-11-2-12(6-16)4-13(3-11)7-16/h11-13,17H,2-10H2,1H3,(H,18,19). The molecule has 0 aromatic heterocycles. The van der Waals surface area contributed by atoms with Crippen LogP contribution < -0.4 is 10.6 Å². The van der Waals surface area contributed by atoms with E-state index in [0.717, 1.165) is 30.8 Å². The SMILES string of the molecule is CC1(OCC(=O)NC23CC4CC(CC(C4)C2)C3)CNC1. The van der Waals surface area contributed by atoms with E-state index in [4.69, 9.17) is 4.74 Å². The lowest BCUT2D eigenvalue weighted by Crippen LogP contribution is -2.62. The number of amides is 1. The van der Waals surface area contributed by atoms with Gasteiger partial charge in [0.25, 0.3) is 0 Å². The molecule has 5 fully saturated rings. The summed E-state index contributed by atoms with van der Waals surface area (Å²) < 4.78 is 5.77. The van der Waals surface area contributed by atoms with Crippen LogP contribution in [-0.2, 0) is 9.53 Å². The van der Waals surface area contributed by atoms with Gasteiger partial charge in [0.2, 0.25) is 5.91 Å².